The molecule has 5 heteroatoms. The molecule has 120 valence electrons. The van der Waals surface area contributed by atoms with Gasteiger partial charge in [0.05, 0.1) is 5.69 Å². The van der Waals surface area contributed by atoms with E-state index in [4.69, 9.17) is 0 Å². The number of aryl methyl sites for hydroxylation is 1. The summed E-state index contributed by atoms with van der Waals surface area (Å²) < 4.78 is 0. The minimum atomic E-state index is -0.677. The maximum atomic E-state index is 12.2. The predicted molar refractivity (Wildman–Crippen MR) is 93.4 cm³/mol. The number of pyridine rings is 1. The zero-order chi connectivity index (χ0) is 16.9. The summed E-state index contributed by atoms with van der Waals surface area (Å²) in [6.07, 6.45) is 3.28. The number of amides is 2. The summed E-state index contributed by atoms with van der Waals surface area (Å²) in [4.78, 5) is 28.1. The van der Waals surface area contributed by atoms with Crippen molar-refractivity contribution in [1.29, 1.82) is 0 Å². The van der Waals surface area contributed by atoms with Gasteiger partial charge in [0.1, 0.15) is 0 Å². The van der Waals surface area contributed by atoms with Gasteiger partial charge in [-0.2, -0.15) is 0 Å². The second-order valence-corrected chi connectivity index (χ2v) is 5.47. The number of nitrogens with one attached hydrogen (secondary N) is 2. The predicted octanol–water partition coefficient (Wildman–Crippen LogP) is 2.80. The van der Waals surface area contributed by atoms with Gasteiger partial charge < -0.3 is 10.6 Å². The lowest BCUT2D eigenvalue weighted by atomic mass is 10.0. The van der Waals surface area contributed by atoms with Crippen LogP contribution in [0.4, 0.5) is 5.69 Å². The molecule has 2 amide bonds. The van der Waals surface area contributed by atoms with Crippen molar-refractivity contribution in [2.45, 2.75) is 13.5 Å². The maximum absolute atomic E-state index is 12.2. The summed E-state index contributed by atoms with van der Waals surface area (Å²) in [7, 11) is 0. The molecule has 3 rings (SSSR count). The van der Waals surface area contributed by atoms with Crippen LogP contribution in [0.1, 0.15) is 11.1 Å². The lowest BCUT2D eigenvalue weighted by molar-refractivity contribution is -0.136. The number of benzene rings is 2. The van der Waals surface area contributed by atoms with Crippen molar-refractivity contribution in [2.75, 3.05) is 5.32 Å². The van der Waals surface area contributed by atoms with Crippen molar-refractivity contribution in [1.82, 2.24) is 10.3 Å². The maximum Gasteiger partial charge on any atom is 0.313 e. The second-order valence-electron chi connectivity index (χ2n) is 5.47. The Kier molecular flexibility index (Phi) is 4.52. The number of carbonyl (C=O) groups excluding carboxylic acids is 2. The van der Waals surface area contributed by atoms with Crippen LogP contribution in [0.2, 0.25) is 0 Å². The Hall–Kier alpha value is -3.21. The standard InChI is InChI=1S/C19H17N3O2/c1-13-6-7-15-4-2-3-5-16(15)17(13)22-19(24)18(23)21-12-14-8-10-20-11-9-14/h2-11H,12H2,1H3,(H,21,23)(H,22,24). The molecule has 0 saturated heterocycles. The fraction of sp³-hybridized carbons (Fsp3) is 0.105. The van der Waals surface area contributed by atoms with E-state index >= 15 is 0 Å². The Balaban J connectivity index is 1.73. The molecule has 2 N–H and O–H groups in total. The molecule has 24 heavy (non-hydrogen) atoms. The molecule has 0 aliphatic carbocycles. The molecule has 0 fully saturated rings. The van der Waals surface area contributed by atoms with Crippen molar-refractivity contribution in [3.8, 4) is 0 Å². The van der Waals surface area contributed by atoms with Crippen molar-refractivity contribution >= 4 is 28.3 Å². The molecule has 0 saturated carbocycles. The summed E-state index contributed by atoms with van der Waals surface area (Å²) >= 11 is 0. The first kappa shape index (κ1) is 15.7. The van der Waals surface area contributed by atoms with Crippen LogP contribution in [0.3, 0.4) is 0 Å². The summed E-state index contributed by atoms with van der Waals surface area (Å²) in [5, 5.41) is 7.25. The Morgan fingerprint density at radius 3 is 2.50 bits per heavy atom. The van der Waals surface area contributed by atoms with Gasteiger partial charge in [0.15, 0.2) is 0 Å². The lowest BCUT2D eigenvalue weighted by Gasteiger charge is -2.12. The van der Waals surface area contributed by atoms with Gasteiger partial charge in [0.2, 0.25) is 0 Å². The number of anilines is 1. The molecule has 2 aromatic carbocycles. The summed E-state index contributed by atoms with van der Waals surface area (Å²) in [5.74, 6) is -1.34. The van der Waals surface area contributed by atoms with Crippen LogP contribution in [0.15, 0.2) is 60.9 Å². The third kappa shape index (κ3) is 3.41. The number of fused-ring (bicyclic) bond motifs is 1. The van der Waals surface area contributed by atoms with Crippen molar-refractivity contribution < 1.29 is 9.59 Å². The van der Waals surface area contributed by atoms with E-state index in [2.05, 4.69) is 15.6 Å². The molecule has 1 aromatic heterocycles. The van der Waals surface area contributed by atoms with Crippen LogP contribution in [-0.2, 0) is 16.1 Å². The first-order chi connectivity index (χ1) is 11.6. The van der Waals surface area contributed by atoms with E-state index in [9.17, 15) is 9.59 Å². The summed E-state index contributed by atoms with van der Waals surface area (Å²) in [6.45, 7) is 2.18. The Labute approximate surface area is 139 Å². The number of hydrogen-bond donors (Lipinski definition) is 2. The third-order valence-electron chi connectivity index (χ3n) is 3.78. The molecule has 0 aliphatic rings. The SMILES string of the molecule is Cc1ccc2ccccc2c1NC(=O)C(=O)NCc1ccncc1. The molecule has 1 heterocycles. The largest absolute Gasteiger partial charge is 0.344 e. The quantitative estimate of drug-likeness (QED) is 0.729. The lowest BCUT2D eigenvalue weighted by Crippen LogP contribution is -2.35. The molecular formula is C19H17N3O2. The van der Waals surface area contributed by atoms with Gasteiger partial charge in [-0.05, 0) is 35.6 Å². The van der Waals surface area contributed by atoms with E-state index in [-0.39, 0.29) is 6.54 Å². The minimum absolute atomic E-state index is 0.281. The van der Waals surface area contributed by atoms with Gasteiger partial charge in [-0.3, -0.25) is 14.6 Å². The molecular weight excluding hydrogens is 302 g/mol. The zero-order valence-electron chi connectivity index (χ0n) is 13.2. The molecule has 3 aromatic rings. The highest BCUT2D eigenvalue weighted by Gasteiger charge is 2.15. The fourth-order valence-electron chi connectivity index (χ4n) is 2.48. The Morgan fingerprint density at radius 1 is 0.958 bits per heavy atom. The topological polar surface area (TPSA) is 71.1 Å². The van der Waals surface area contributed by atoms with Gasteiger partial charge in [0.25, 0.3) is 0 Å². The van der Waals surface area contributed by atoms with Gasteiger partial charge in [-0.25, -0.2) is 0 Å². The van der Waals surface area contributed by atoms with Crippen molar-refractivity contribution in [3.05, 3.63) is 72.1 Å². The van der Waals surface area contributed by atoms with E-state index in [1.807, 2.05) is 43.3 Å². The monoisotopic (exact) mass is 319 g/mol. The molecule has 0 spiro atoms. The number of rotatable bonds is 3. The zero-order valence-corrected chi connectivity index (χ0v) is 13.2. The highest BCUT2D eigenvalue weighted by Crippen LogP contribution is 2.26. The molecule has 0 bridgehead atoms. The van der Waals surface area contributed by atoms with Crippen LogP contribution in [-0.4, -0.2) is 16.8 Å². The number of nitrogens with zero attached hydrogens (tertiary/aromatic N) is 1. The van der Waals surface area contributed by atoms with Crippen molar-refractivity contribution in [3.63, 3.8) is 0 Å². The van der Waals surface area contributed by atoms with Crippen LogP contribution in [0, 0.1) is 6.92 Å². The van der Waals surface area contributed by atoms with Crippen molar-refractivity contribution in [2.24, 2.45) is 0 Å². The van der Waals surface area contributed by atoms with Gasteiger partial charge in [-0.15, -0.1) is 0 Å². The second kappa shape index (κ2) is 6.91. The highest BCUT2D eigenvalue weighted by molar-refractivity contribution is 6.40. The number of aromatic nitrogens is 1. The van der Waals surface area contributed by atoms with Crippen LogP contribution < -0.4 is 10.6 Å². The summed E-state index contributed by atoms with van der Waals surface area (Å²) in [5.41, 5.74) is 2.45. The number of hydrogen-bond acceptors (Lipinski definition) is 3. The number of carbonyl (C=O) groups is 2. The molecule has 0 radical (unpaired) electrons. The molecule has 0 atom stereocenters. The van der Waals surface area contributed by atoms with E-state index in [0.29, 0.717) is 5.69 Å². The fourth-order valence-corrected chi connectivity index (χ4v) is 2.48. The average molecular weight is 319 g/mol. The molecule has 0 unspecified atom stereocenters. The van der Waals surface area contributed by atoms with Crippen LogP contribution in [0.25, 0.3) is 10.8 Å². The summed E-state index contributed by atoms with van der Waals surface area (Å²) in [6, 6.07) is 15.2. The minimum Gasteiger partial charge on any atom is -0.344 e. The third-order valence-corrected chi connectivity index (χ3v) is 3.78. The Morgan fingerprint density at radius 2 is 1.71 bits per heavy atom. The molecule has 5 nitrogen and oxygen atoms in total. The van der Waals surface area contributed by atoms with Gasteiger partial charge in [0, 0.05) is 24.3 Å². The average Bonchev–Trinajstić information content (AvgIpc) is 2.63. The smallest absolute Gasteiger partial charge is 0.313 e. The first-order valence-corrected chi connectivity index (χ1v) is 7.61. The first-order valence-electron chi connectivity index (χ1n) is 7.61. The van der Waals surface area contributed by atoms with E-state index in [0.717, 1.165) is 21.9 Å². The van der Waals surface area contributed by atoms with Gasteiger partial charge in [-0.1, -0.05) is 36.4 Å². The normalized spacial score (nSPS) is 10.4. The Bertz CT molecular complexity index is 892. The highest BCUT2D eigenvalue weighted by atomic mass is 16.2. The molecule has 0 aliphatic heterocycles. The van der Waals surface area contributed by atoms with Gasteiger partial charge >= 0.3 is 11.8 Å². The van der Waals surface area contributed by atoms with E-state index < -0.39 is 11.8 Å². The van der Waals surface area contributed by atoms with E-state index in [1.54, 1.807) is 24.5 Å². The van der Waals surface area contributed by atoms with E-state index in [1.165, 1.54) is 0 Å². The van der Waals surface area contributed by atoms with Crippen LogP contribution >= 0.6 is 0 Å². The van der Waals surface area contributed by atoms with Crippen LogP contribution in [0.5, 0.6) is 0 Å².